The van der Waals surface area contributed by atoms with Crippen molar-refractivity contribution in [1.29, 1.82) is 0 Å². The Labute approximate surface area is 188 Å². The van der Waals surface area contributed by atoms with Crippen LogP contribution in [0, 0.1) is 0 Å². The van der Waals surface area contributed by atoms with E-state index in [9.17, 15) is 9.59 Å². The van der Waals surface area contributed by atoms with Crippen LogP contribution in [0.4, 0.5) is 16.3 Å². The zero-order valence-electron chi connectivity index (χ0n) is 19.0. The van der Waals surface area contributed by atoms with Crippen LogP contribution in [-0.2, 0) is 9.53 Å². The first-order chi connectivity index (χ1) is 15.2. The van der Waals surface area contributed by atoms with Crippen LogP contribution in [0.3, 0.4) is 0 Å². The quantitative estimate of drug-likeness (QED) is 0.715. The molecular formula is C24H30N4O4. The van der Waals surface area contributed by atoms with Crippen molar-refractivity contribution in [2.45, 2.75) is 26.4 Å². The van der Waals surface area contributed by atoms with Gasteiger partial charge in [0, 0.05) is 37.8 Å². The average molecular weight is 439 g/mol. The first-order valence-electron chi connectivity index (χ1n) is 10.6. The van der Waals surface area contributed by atoms with Crippen molar-refractivity contribution >= 4 is 29.6 Å². The van der Waals surface area contributed by atoms with Crippen LogP contribution in [0.5, 0.6) is 5.75 Å². The molecule has 1 N–H and O–H groups in total. The first-order valence-corrected chi connectivity index (χ1v) is 10.6. The minimum Gasteiger partial charge on any atom is -0.496 e. The van der Waals surface area contributed by atoms with Crippen molar-refractivity contribution in [2.24, 2.45) is 0 Å². The molecule has 0 spiro atoms. The fourth-order valence-corrected chi connectivity index (χ4v) is 3.26. The highest BCUT2D eigenvalue weighted by Crippen LogP contribution is 2.20. The molecule has 32 heavy (non-hydrogen) atoms. The molecular weight excluding hydrogens is 408 g/mol. The smallest absolute Gasteiger partial charge is 0.410 e. The zero-order valence-corrected chi connectivity index (χ0v) is 19.0. The van der Waals surface area contributed by atoms with Gasteiger partial charge in [0.1, 0.15) is 17.2 Å². The number of nitrogens with one attached hydrogen (secondary N) is 1. The highest BCUT2D eigenvalue weighted by atomic mass is 16.6. The molecule has 8 heteroatoms. The largest absolute Gasteiger partial charge is 0.496 e. The Morgan fingerprint density at radius 3 is 2.41 bits per heavy atom. The summed E-state index contributed by atoms with van der Waals surface area (Å²) in [7, 11) is 1.59. The lowest BCUT2D eigenvalue weighted by Gasteiger charge is -2.36. The number of anilines is 2. The number of para-hydroxylation sites is 1. The Balaban J connectivity index is 1.52. The van der Waals surface area contributed by atoms with E-state index in [0.717, 1.165) is 11.3 Å². The highest BCUT2D eigenvalue weighted by molar-refractivity contribution is 6.01. The second-order valence-electron chi connectivity index (χ2n) is 8.42. The molecule has 0 aliphatic carbocycles. The number of carbonyl (C=O) groups excluding carboxylic acids is 2. The molecule has 1 saturated heterocycles. The van der Waals surface area contributed by atoms with Gasteiger partial charge in [-0.15, -0.1) is 0 Å². The van der Waals surface area contributed by atoms with Gasteiger partial charge in [-0.3, -0.25) is 4.79 Å². The predicted octanol–water partition coefficient (Wildman–Crippen LogP) is 3.80. The van der Waals surface area contributed by atoms with Crippen molar-refractivity contribution < 1.29 is 19.1 Å². The number of carbonyl (C=O) groups is 2. The number of nitrogens with zero attached hydrogens (tertiary/aromatic N) is 3. The number of hydrogen-bond acceptors (Lipinski definition) is 6. The summed E-state index contributed by atoms with van der Waals surface area (Å²) in [6.45, 7) is 8.13. The van der Waals surface area contributed by atoms with Crippen LogP contribution < -0.4 is 15.0 Å². The molecule has 1 fully saturated rings. The lowest BCUT2D eigenvalue weighted by atomic mass is 10.2. The maximum absolute atomic E-state index is 12.2. The molecule has 170 valence electrons. The van der Waals surface area contributed by atoms with Crippen LogP contribution in [0.25, 0.3) is 6.08 Å². The Hall–Kier alpha value is -3.55. The topological polar surface area (TPSA) is 84.0 Å². The minimum atomic E-state index is -0.499. The van der Waals surface area contributed by atoms with E-state index in [1.165, 1.54) is 6.08 Å². The zero-order chi connectivity index (χ0) is 23.1. The van der Waals surface area contributed by atoms with E-state index in [0.29, 0.717) is 37.7 Å². The molecule has 2 aromatic rings. The summed E-state index contributed by atoms with van der Waals surface area (Å²) in [4.78, 5) is 32.7. The monoisotopic (exact) mass is 438 g/mol. The van der Waals surface area contributed by atoms with Crippen LogP contribution >= 0.6 is 0 Å². The number of ether oxygens (including phenoxy) is 2. The van der Waals surface area contributed by atoms with Crippen LogP contribution in [0.15, 0.2) is 48.7 Å². The Bertz CT molecular complexity index is 959. The number of methoxy groups -OCH3 is 1. The Kier molecular flexibility index (Phi) is 7.35. The molecule has 0 saturated carbocycles. The third-order valence-corrected chi connectivity index (χ3v) is 4.85. The Morgan fingerprint density at radius 2 is 1.78 bits per heavy atom. The summed E-state index contributed by atoms with van der Waals surface area (Å²) < 4.78 is 10.7. The van der Waals surface area contributed by atoms with Crippen LogP contribution in [0.1, 0.15) is 26.3 Å². The fourth-order valence-electron chi connectivity index (χ4n) is 3.26. The summed E-state index contributed by atoms with van der Waals surface area (Å²) in [6, 6.07) is 11.1. The SMILES string of the molecule is COc1ccccc1/C=C/C(=O)Nc1ccc(N2CCN(C(=O)OC(C)(C)C)CC2)cn1. The summed E-state index contributed by atoms with van der Waals surface area (Å²) in [6.07, 6.45) is 4.59. The maximum atomic E-state index is 12.2. The van der Waals surface area contributed by atoms with Gasteiger partial charge in [-0.2, -0.15) is 0 Å². The third kappa shape index (κ3) is 6.47. The Morgan fingerprint density at radius 1 is 1.06 bits per heavy atom. The van der Waals surface area contributed by atoms with E-state index in [1.807, 2.05) is 51.1 Å². The molecule has 1 aromatic heterocycles. The minimum absolute atomic E-state index is 0.276. The second-order valence-corrected chi connectivity index (χ2v) is 8.42. The number of hydrogen-bond donors (Lipinski definition) is 1. The van der Waals surface area contributed by atoms with Gasteiger partial charge >= 0.3 is 6.09 Å². The van der Waals surface area contributed by atoms with E-state index in [-0.39, 0.29) is 12.0 Å². The van der Waals surface area contributed by atoms with Crippen molar-refractivity contribution in [3.05, 3.63) is 54.2 Å². The summed E-state index contributed by atoms with van der Waals surface area (Å²) in [5.74, 6) is 0.892. The fraction of sp³-hybridized carbons (Fsp3) is 0.375. The molecule has 3 rings (SSSR count). The second kappa shape index (κ2) is 10.2. The molecule has 1 aromatic carbocycles. The molecule has 1 aliphatic rings. The number of rotatable bonds is 5. The third-order valence-electron chi connectivity index (χ3n) is 4.85. The van der Waals surface area contributed by atoms with Gasteiger partial charge in [0.05, 0.1) is 19.0 Å². The molecule has 0 unspecified atom stereocenters. The maximum Gasteiger partial charge on any atom is 0.410 e. The molecule has 1 aliphatic heterocycles. The molecule has 2 amide bonds. The normalized spacial score (nSPS) is 14.4. The molecule has 2 heterocycles. The van der Waals surface area contributed by atoms with E-state index in [2.05, 4.69) is 15.2 Å². The predicted molar refractivity (Wildman–Crippen MR) is 125 cm³/mol. The number of aromatic nitrogens is 1. The van der Waals surface area contributed by atoms with Crippen LogP contribution in [-0.4, -0.2) is 60.8 Å². The van der Waals surface area contributed by atoms with Gasteiger partial charge in [-0.25, -0.2) is 9.78 Å². The van der Waals surface area contributed by atoms with Crippen molar-refractivity contribution in [3.8, 4) is 5.75 Å². The first kappa shape index (κ1) is 23.1. The highest BCUT2D eigenvalue weighted by Gasteiger charge is 2.26. The summed E-state index contributed by atoms with van der Waals surface area (Å²) >= 11 is 0. The number of amides is 2. The average Bonchev–Trinajstić information content (AvgIpc) is 2.77. The van der Waals surface area contributed by atoms with Crippen LogP contribution in [0.2, 0.25) is 0 Å². The van der Waals surface area contributed by atoms with E-state index in [1.54, 1.807) is 30.3 Å². The van der Waals surface area contributed by atoms with E-state index >= 15 is 0 Å². The molecule has 0 atom stereocenters. The number of piperazine rings is 1. The van der Waals surface area contributed by atoms with Crippen molar-refractivity contribution in [3.63, 3.8) is 0 Å². The lowest BCUT2D eigenvalue weighted by molar-refractivity contribution is -0.111. The molecule has 0 bridgehead atoms. The van der Waals surface area contributed by atoms with Gasteiger partial charge in [-0.05, 0) is 45.0 Å². The molecule has 8 nitrogen and oxygen atoms in total. The number of benzene rings is 1. The van der Waals surface area contributed by atoms with Crippen molar-refractivity contribution in [1.82, 2.24) is 9.88 Å². The standard InChI is InChI=1S/C24H30N4O4/c1-24(2,3)32-23(30)28-15-13-27(14-16-28)19-10-11-21(25-17-19)26-22(29)12-9-18-7-5-6-8-20(18)31-4/h5-12,17H,13-16H2,1-4H3,(H,25,26,29)/b12-9+. The lowest BCUT2D eigenvalue weighted by Crippen LogP contribution is -2.50. The molecule has 0 radical (unpaired) electrons. The van der Waals surface area contributed by atoms with Crippen molar-refractivity contribution in [2.75, 3.05) is 43.5 Å². The van der Waals surface area contributed by atoms with Gasteiger partial charge in [0.15, 0.2) is 0 Å². The summed E-state index contributed by atoms with van der Waals surface area (Å²) in [5.41, 5.74) is 1.26. The van der Waals surface area contributed by atoms with Gasteiger partial charge in [0.2, 0.25) is 5.91 Å². The van der Waals surface area contributed by atoms with E-state index in [4.69, 9.17) is 9.47 Å². The number of pyridine rings is 1. The van der Waals surface area contributed by atoms with Gasteiger partial charge in [-0.1, -0.05) is 18.2 Å². The summed E-state index contributed by atoms with van der Waals surface area (Å²) in [5, 5.41) is 2.76. The van der Waals surface area contributed by atoms with Gasteiger partial charge < -0.3 is 24.6 Å². The van der Waals surface area contributed by atoms with E-state index < -0.39 is 5.60 Å². The van der Waals surface area contributed by atoms with Gasteiger partial charge in [0.25, 0.3) is 0 Å².